The van der Waals surface area contributed by atoms with E-state index in [4.69, 9.17) is 14.0 Å². The molecule has 0 rings (SSSR count). The lowest BCUT2D eigenvalue weighted by Gasteiger charge is -2.45. The van der Waals surface area contributed by atoms with Crippen LogP contribution in [0.4, 0.5) is 0 Å². The molecule has 28 heavy (non-hydrogen) atoms. The minimum Gasteiger partial charge on any atom is -0.370 e. The van der Waals surface area contributed by atoms with Crippen molar-refractivity contribution in [3.05, 3.63) is 0 Å². The molecule has 0 unspecified atom stereocenters. The summed E-state index contributed by atoms with van der Waals surface area (Å²) in [7, 11) is -0.850. The molecule has 168 valence electrons. The summed E-state index contributed by atoms with van der Waals surface area (Å²) in [5, 5.41) is 0. The zero-order valence-corrected chi connectivity index (χ0v) is 24.7. The van der Waals surface area contributed by atoms with Crippen LogP contribution in [0, 0.1) is 35.5 Å². The monoisotopic (exact) mass is 590 g/mol. The zero-order valence-electron chi connectivity index (χ0n) is 19.9. The van der Waals surface area contributed by atoms with Gasteiger partial charge in [0.2, 0.25) is 0 Å². The highest BCUT2D eigenvalue weighted by Crippen LogP contribution is 2.44. The highest BCUT2D eigenvalue weighted by molar-refractivity contribution is 9.10. The predicted molar refractivity (Wildman–Crippen MR) is 133 cm³/mol. The molecule has 0 fully saturated rings. The van der Waals surface area contributed by atoms with Gasteiger partial charge in [-0.25, -0.2) is 0 Å². The first-order valence-corrected chi connectivity index (χ1v) is 12.9. The van der Waals surface area contributed by atoms with Gasteiger partial charge in [0.1, 0.15) is 13.5 Å². The van der Waals surface area contributed by atoms with Gasteiger partial charge >= 0.3 is 7.32 Å². The van der Waals surface area contributed by atoms with Gasteiger partial charge in [-0.15, -0.1) is 0 Å². The fourth-order valence-corrected chi connectivity index (χ4v) is 3.79. The molecule has 0 bridgehead atoms. The SMILES string of the molecule is CC(C)C(Br)(OB(OC(Br)(C(C)C)C(C)C)OC(Br)(C(C)C)C(C)C)C(C)C. The van der Waals surface area contributed by atoms with Crippen molar-refractivity contribution in [2.24, 2.45) is 35.5 Å². The van der Waals surface area contributed by atoms with Crippen molar-refractivity contribution < 1.29 is 14.0 Å². The average Bonchev–Trinajstić information content (AvgIpc) is 2.52. The van der Waals surface area contributed by atoms with Gasteiger partial charge < -0.3 is 14.0 Å². The minimum absolute atomic E-state index is 0.229. The van der Waals surface area contributed by atoms with Crippen molar-refractivity contribution in [3.63, 3.8) is 0 Å². The third-order valence-corrected chi connectivity index (χ3v) is 11.6. The normalized spacial score (nSPS) is 14.5. The standard InChI is InChI=1S/C21H42BBr3O3/c1-13(2)19(23,14(3)4)26-22(27-20(24,15(5)6)16(7)8)28-21(25,17(9)10)18(11)12/h13-18H,1-12H3. The molecule has 0 spiro atoms. The van der Waals surface area contributed by atoms with Crippen molar-refractivity contribution >= 4 is 55.1 Å². The molecule has 0 aromatic carbocycles. The summed E-state index contributed by atoms with van der Waals surface area (Å²) < 4.78 is 18.0. The van der Waals surface area contributed by atoms with Gasteiger partial charge in [-0.3, -0.25) is 0 Å². The van der Waals surface area contributed by atoms with Gasteiger partial charge in [0.05, 0.1) is 0 Å². The summed E-state index contributed by atoms with van der Waals surface area (Å²) in [6.45, 7) is 25.7. The molecule has 0 atom stereocenters. The van der Waals surface area contributed by atoms with Crippen LogP contribution in [0.3, 0.4) is 0 Å². The fraction of sp³-hybridized carbons (Fsp3) is 1.00. The maximum absolute atomic E-state index is 6.57. The van der Waals surface area contributed by atoms with Crippen molar-refractivity contribution in [1.29, 1.82) is 0 Å². The molecular formula is C21H42BBr3O3. The lowest BCUT2D eigenvalue weighted by atomic mass is 9.91. The molecule has 3 nitrogen and oxygen atoms in total. The summed E-state index contributed by atoms with van der Waals surface area (Å²) in [4.78, 5) is 0. The van der Waals surface area contributed by atoms with E-state index in [1.54, 1.807) is 0 Å². The Morgan fingerprint density at radius 2 is 0.571 bits per heavy atom. The van der Waals surface area contributed by atoms with E-state index in [2.05, 4.69) is 131 Å². The number of alkyl halides is 3. The molecule has 0 aromatic heterocycles. The van der Waals surface area contributed by atoms with Crippen molar-refractivity contribution in [3.8, 4) is 0 Å². The molecule has 0 amide bonds. The van der Waals surface area contributed by atoms with E-state index in [1.807, 2.05) is 0 Å². The minimum atomic E-state index is -0.850. The second kappa shape index (κ2) is 11.3. The van der Waals surface area contributed by atoms with Gasteiger partial charge in [-0.05, 0) is 35.5 Å². The molecular weight excluding hydrogens is 551 g/mol. The van der Waals surface area contributed by atoms with Crippen LogP contribution >= 0.6 is 47.8 Å². The number of hydrogen-bond acceptors (Lipinski definition) is 3. The van der Waals surface area contributed by atoms with E-state index in [0.717, 1.165) is 0 Å². The first-order valence-electron chi connectivity index (χ1n) is 10.5. The van der Waals surface area contributed by atoms with Gasteiger partial charge in [-0.1, -0.05) is 131 Å². The summed E-state index contributed by atoms with van der Waals surface area (Å²) in [6, 6.07) is 0. The topological polar surface area (TPSA) is 27.7 Å². The Kier molecular flexibility index (Phi) is 11.9. The smallest absolute Gasteiger partial charge is 0.370 e. The van der Waals surface area contributed by atoms with Gasteiger partial charge in [0, 0.05) is 0 Å². The largest absolute Gasteiger partial charge is 0.642 e. The van der Waals surface area contributed by atoms with E-state index in [-0.39, 0.29) is 35.5 Å². The molecule has 0 saturated heterocycles. The Labute approximate surface area is 200 Å². The molecule has 0 heterocycles. The van der Waals surface area contributed by atoms with Gasteiger partial charge in [0.25, 0.3) is 0 Å². The first-order chi connectivity index (χ1) is 12.4. The van der Waals surface area contributed by atoms with E-state index in [0.29, 0.717) is 0 Å². The molecule has 0 aliphatic rings. The highest BCUT2D eigenvalue weighted by atomic mass is 79.9. The maximum atomic E-state index is 6.57. The van der Waals surface area contributed by atoms with Crippen LogP contribution in [-0.2, 0) is 14.0 Å². The average molecular weight is 593 g/mol. The van der Waals surface area contributed by atoms with Crippen LogP contribution in [0.5, 0.6) is 0 Å². The fourth-order valence-electron chi connectivity index (χ4n) is 3.33. The molecule has 0 aromatic rings. The lowest BCUT2D eigenvalue weighted by molar-refractivity contribution is -0.0758. The van der Waals surface area contributed by atoms with E-state index < -0.39 is 20.9 Å². The Bertz CT molecular complexity index is 377. The summed E-state index contributed by atoms with van der Waals surface area (Å²) in [5.74, 6) is 1.38. The zero-order chi connectivity index (χ0) is 22.7. The molecule has 7 heteroatoms. The van der Waals surface area contributed by atoms with Crippen LogP contribution in [0.1, 0.15) is 83.1 Å². The molecule has 0 N–H and O–H groups in total. The summed E-state index contributed by atoms with van der Waals surface area (Å²) in [5.41, 5.74) is 0. The van der Waals surface area contributed by atoms with E-state index >= 15 is 0 Å². The van der Waals surface area contributed by atoms with Crippen LogP contribution in [0.25, 0.3) is 0 Å². The maximum Gasteiger partial charge on any atom is 0.642 e. The Balaban J connectivity index is 6.11. The second-order valence-electron chi connectivity index (χ2n) is 9.66. The van der Waals surface area contributed by atoms with E-state index in [9.17, 15) is 0 Å². The molecule has 0 saturated carbocycles. The van der Waals surface area contributed by atoms with Crippen molar-refractivity contribution in [1.82, 2.24) is 0 Å². The number of halogens is 3. The van der Waals surface area contributed by atoms with Gasteiger partial charge in [-0.2, -0.15) is 0 Å². The summed E-state index contributed by atoms with van der Waals surface area (Å²) in [6.07, 6.45) is 0. The first kappa shape index (κ1) is 29.4. The quantitative estimate of drug-likeness (QED) is 0.169. The third-order valence-electron chi connectivity index (χ3n) is 5.55. The van der Waals surface area contributed by atoms with Gasteiger partial charge in [0.15, 0.2) is 0 Å². The summed E-state index contributed by atoms with van der Waals surface area (Å²) >= 11 is 11.6. The molecule has 0 aliphatic heterocycles. The third kappa shape index (κ3) is 6.95. The van der Waals surface area contributed by atoms with Crippen LogP contribution in [-0.4, -0.2) is 20.9 Å². The van der Waals surface area contributed by atoms with Crippen molar-refractivity contribution in [2.75, 3.05) is 0 Å². The number of rotatable bonds is 12. The second-order valence-corrected chi connectivity index (χ2v) is 13.4. The van der Waals surface area contributed by atoms with Crippen LogP contribution in [0.2, 0.25) is 0 Å². The lowest BCUT2D eigenvalue weighted by Crippen LogP contribution is -2.54. The Hall–Kier alpha value is 1.38. The van der Waals surface area contributed by atoms with Crippen LogP contribution < -0.4 is 0 Å². The number of hydrogen-bond donors (Lipinski definition) is 0. The highest BCUT2D eigenvalue weighted by Gasteiger charge is 2.51. The predicted octanol–water partition coefficient (Wildman–Crippen LogP) is 8.23. The molecule has 0 radical (unpaired) electrons. The van der Waals surface area contributed by atoms with Crippen molar-refractivity contribution in [2.45, 2.75) is 96.6 Å². The molecule has 0 aliphatic carbocycles. The Morgan fingerprint density at radius 1 is 0.429 bits per heavy atom. The van der Waals surface area contributed by atoms with E-state index in [1.165, 1.54) is 0 Å². The van der Waals surface area contributed by atoms with Crippen LogP contribution in [0.15, 0.2) is 0 Å². The Morgan fingerprint density at radius 3 is 0.679 bits per heavy atom.